The Morgan fingerprint density at radius 1 is 1.26 bits per heavy atom. The summed E-state index contributed by atoms with van der Waals surface area (Å²) in [5, 5.41) is 7.79. The standard InChI is InChI=1S/C18H28N4O4S/c1-4-26-17-15(23-2)11-14(12-16(17)24-3)13-20-21-18(27)19-5-6-22-7-9-25-10-8-22/h11-13H,4-10H2,1-3H3,(H2,19,21,27)/b20-13+. The number of benzene rings is 1. The van der Waals surface area contributed by atoms with Gasteiger partial charge in [0.25, 0.3) is 0 Å². The highest BCUT2D eigenvalue weighted by atomic mass is 32.1. The quantitative estimate of drug-likeness (QED) is 0.367. The number of hydrogen-bond acceptors (Lipinski definition) is 7. The molecule has 0 saturated carbocycles. The Hall–Kier alpha value is -2.10. The summed E-state index contributed by atoms with van der Waals surface area (Å²) in [4.78, 5) is 2.33. The molecule has 0 radical (unpaired) electrons. The smallest absolute Gasteiger partial charge is 0.203 e. The minimum atomic E-state index is 0.476. The molecule has 8 nitrogen and oxygen atoms in total. The van der Waals surface area contributed by atoms with Gasteiger partial charge in [-0.15, -0.1) is 0 Å². The minimum absolute atomic E-state index is 0.476. The summed E-state index contributed by atoms with van der Waals surface area (Å²) >= 11 is 5.24. The van der Waals surface area contributed by atoms with E-state index in [9.17, 15) is 0 Å². The molecule has 0 amide bonds. The predicted molar refractivity (Wildman–Crippen MR) is 109 cm³/mol. The van der Waals surface area contributed by atoms with Crippen LogP contribution in [0.5, 0.6) is 17.2 Å². The van der Waals surface area contributed by atoms with Crippen molar-refractivity contribution < 1.29 is 18.9 Å². The maximum atomic E-state index is 5.59. The molecular formula is C18H28N4O4S. The van der Waals surface area contributed by atoms with Crippen LogP contribution in [0.4, 0.5) is 0 Å². The molecule has 1 aliphatic rings. The molecule has 1 heterocycles. The predicted octanol–water partition coefficient (Wildman–Crippen LogP) is 1.23. The number of nitrogens with zero attached hydrogens (tertiary/aromatic N) is 2. The fourth-order valence-electron chi connectivity index (χ4n) is 2.62. The van der Waals surface area contributed by atoms with Crippen LogP contribution in [0.15, 0.2) is 17.2 Å². The maximum absolute atomic E-state index is 5.59. The first kappa shape index (κ1) is 21.2. The number of ether oxygens (including phenoxy) is 4. The van der Waals surface area contributed by atoms with Gasteiger partial charge in [0.2, 0.25) is 5.75 Å². The first-order valence-electron chi connectivity index (χ1n) is 8.93. The average molecular weight is 397 g/mol. The van der Waals surface area contributed by atoms with Gasteiger partial charge >= 0.3 is 0 Å². The summed E-state index contributed by atoms with van der Waals surface area (Å²) < 4.78 is 21.7. The van der Waals surface area contributed by atoms with E-state index in [2.05, 4.69) is 20.7 Å². The lowest BCUT2D eigenvalue weighted by molar-refractivity contribution is 0.0389. The van der Waals surface area contributed by atoms with E-state index < -0.39 is 0 Å². The lowest BCUT2D eigenvalue weighted by Gasteiger charge is -2.26. The minimum Gasteiger partial charge on any atom is -0.493 e. The zero-order valence-corrected chi connectivity index (χ0v) is 16.9. The molecule has 2 N–H and O–H groups in total. The molecule has 27 heavy (non-hydrogen) atoms. The largest absolute Gasteiger partial charge is 0.493 e. The third-order valence-corrected chi connectivity index (χ3v) is 4.20. The van der Waals surface area contributed by atoms with Gasteiger partial charge in [-0.05, 0) is 31.3 Å². The third kappa shape index (κ3) is 6.85. The summed E-state index contributed by atoms with van der Waals surface area (Å²) in [6.45, 7) is 7.61. The molecule has 1 saturated heterocycles. The van der Waals surface area contributed by atoms with Gasteiger partial charge in [-0.25, -0.2) is 0 Å². The molecule has 9 heteroatoms. The maximum Gasteiger partial charge on any atom is 0.203 e. The van der Waals surface area contributed by atoms with Gasteiger partial charge in [0.1, 0.15) is 0 Å². The molecule has 0 bridgehead atoms. The van der Waals surface area contributed by atoms with E-state index in [1.807, 2.05) is 19.1 Å². The molecule has 1 aromatic rings. The van der Waals surface area contributed by atoms with Crippen LogP contribution in [-0.4, -0.2) is 76.4 Å². The average Bonchev–Trinajstić information content (AvgIpc) is 2.69. The van der Waals surface area contributed by atoms with Crippen LogP contribution in [0.25, 0.3) is 0 Å². The normalized spacial score (nSPS) is 14.8. The molecule has 0 aromatic heterocycles. The van der Waals surface area contributed by atoms with Gasteiger partial charge in [0, 0.05) is 31.7 Å². The van der Waals surface area contributed by atoms with Gasteiger partial charge in [-0.3, -0.25) is 10.3 Å². The van der Waals surface area contributed by atoms with Crippen molar-refractivity contribution in [1.82, 2.24) is 15.6 Å². The molecule has 150 valence electrons. The van der Waals surface area contributed by atoms with Crippen LogP contribution >= 0.6 is 12.2 Å². The second-order valence-electron chi connectivity index (χ2n) is 5.77. The highest BCUT2D eigenvalue weighted by Gasteiger charge is 2.13. The zero-order valence-electron chi connectivity index (χ0n) is 16.1. The fourth-order valence-corrected chi connectivity index (χ4v) is 2.77. The molecule has 0 unspecified atom stereocenters. The Morgan fingerprint density at radius 3 is 2.52 bits per heavy atom. The number of methoxy groups -OCH3 is 2. The van der Waals surface area contributed by atoms with Crippen molar-refractivity contribution in [2.45, 2.75) is 6.92 Å². The van der Waals surface area contributed by atoms with Crippen LogP contribution in [0.2, 0.25) is 0 Å². The van der Waals surface area contributed by atoms with E-state index in [1.54, 1.807) is 20.4 Å². The highest BCUT2D eigenvalue weighted by Crippen LogP contribution is 2.38. The molecule has 0 atom stereocenters. The summed E-state index contributed by atoms with van der Waals surface area (Å²) in [6, 6.07) is 3.65. The van der Waals surface area contributed by atoms with Crippen LogP contribution in [-0.2, 0) is 4.74 Å². The first-order valence-corrected chi connectivity index (χ1v) is 9.34. The van der Waals surface area contributed by atoms with Crippen molar-refractivity contribution in [3.05, 3.63) is 17.7 Å². The van der Waals surface area contributed by atoms with Gasteiger partial charge in [-0.2, -0.15) is 5.10 Å². The second kappa shape index (κ2) is 11.6. The summed E-state index contributed by atoms with van der Waals surface area (Å²) in [7, 11) is 3.17. The fraction of sp³-hybridized carbons (Fsp3) is 0.556. The Morgan fingerprint density at radius 2 is 1.93 bits per heavy atom. The van der Waals surface area contributed by atoms with Crippen LogP contribution in [0.3, 0.4) is 0 Å². The molecule has 1 aliphatic heterocycles. The number of hydrazone groups is 1. The lowest BCUT2D eigenvalue weighted by Crippen LogP contribution is -2.42. The van der Waals surface area contributed by atoms with Gasteiger partial charge < -0.3 is 24.3 Å². The van der Waals surface area contributed by atoms with Gasteiger partial charge in [0.15, 0.2) is 16.6 Å². The van der Waals surface area contributed by atoms with Crippen molar-refractivity contribution >= 4 is 23.5 Å². The molecular weight excluding hydrogens is 368 g/mol. The monoisotopic (exact) mass is 396 g/mol. The van der Waals surface area contributed by atoms with Crippen molar-refractivity contribution in [3.8, 4) is 17.2 Å². The topological polar surface area (TPSA) is 76.6 Å². The Bertz CT molecular complexity index is 611. The zero-order chi connectivity index (χ0) is 19.5. The summed E-state index contributed by atoms with van der Waals surface area (Å²) in [6.07, 6.45) is 1.65. The summed E-state index contributed by atoms with van der Waals surface area (Å²) in [5.74, 6) is 1.75. The van der Waals surface area contributed by atoms with E-state index in [1.165, 1.54) is 0 Å². The number of nitrogens with one attached hydrogen (secondary N) is 2. The van der Waals surface area contributed by atoms with E-state index in [4.69, 9.17) is 31.2 Å². The number of thiocarbonyl (C=S) groups is 1. The molecule has 0 spiro atoms. The number of rotatable bonds is 9. The lowest BCUT2D eigenvalue weighted by atomic mass is 10.2. The number of morpholine rings is 1. The Balaban J connectivity index is 1.84. The van der Waals surface area contributed by atoms with Gasteiger partial charge in [0.05, 0.1) is 40.3 Å². The van der Waals surface area contributed by atoms with E-state index in [-0.39, 0.29) is 0 Å². The van der Waals surface area contributed by atoms with Crippen molar-refractivity contribution in [2.24, 2.45) is 5.10 Å². The van der Waals surface area contributed by atoms with Gasteiger partial charge in [-0.1, -0.05) is 0 Å². The Labute approximate surface area is 165 Å². The van der Waals surface area contributed by atoms with Crippen LogP contribution in [0, 0.1) is 0 Å². The third-order valence-electron chi connectivity index (χ3n) is 3.97. The molecule has 1 fully saturated rings. The molecule has 1 aromatic carbocycles. The van der Waals surface area contributed by atoms with Crippen molar-refractivity contribution in [2.75, 3.05) is 60.2 Å². The van der Waals surface area contributed by atoms with Crippen molar-refractivity contribution in [1.29, 1.82) is 0 Å². The Kier molecular flexibility index (Phi) is 9.09. The number of hydrogen-bond donors (Lipinski definition) is 2. The van der Waals surface area contributed by atoms with E-state index in [0.29, 0.717) is 29.0 Å². The van der Waals surface area contributed by atoms with E-state index in [0.717, 1.165) is 45.0 Å². The van der Waals surface area contributed by atoms with Crippen molar-refractivity contribution in [3.63, 3.8) is 0 Å². The van der Waals surface area contributed by atoms with Crippen LogP contribution in [0.1, 0.15) is 12.5 Å². The molecule has 0 aliphatic carbocycles. The SMILES string of the molecule is CCOc1c(OC)cc(/C=N/NC(=S)NCCN2CCOCC2)cc1OC. The molecule has 2 rings (SSSR count). The first-order chi connectivity index (χ1) is 13.2. The second-order valence-corrected chi connectivity index (χ2v) is 6.18. The highest BCUT2D eigenvalue weighted by molar-refractivity contribution is 7.80. The van der Waals surface area contributed by atoms with Crippen LogP contribution < -0.4 is 25.0 Å². The van der Waals surface area contributed by atoms with E-state index >= 15 is 0 Å². The summed E-state index contributed by atoms with van der Waals surface area (Å²) in [5.41, 5.74) is 3.62.